The molecule has 0 radical (unpaired) electrons. The molecule has 0 bridgehead atoms. The SMILES string of the molecule is COc1c(C(C)(C)C)cc(NC(=O)c2ccc(C(=O)O)cc2)cc1C(C)(C)C. The van der Waals surface area contributed by atoms with Gasteiger partial charge in [-0.1, -0.05) is 41.5 Å². The van der Waals surface area contributed by atoms with Gasteiger partial charge in [-0.15, -0.1) is 0 Å². The highest BCUT2D eigenvalue weighted by atomic mass is 16.5. The molecule has 2 N–H and O–H groups in total. The van der Waals surface area contributed by atoms with Gasteiger partial charge in [0.1, 0.15) is 5.75 Å². The first-order chi connectivity index (χ1) is 12.8. The van der Waals surface area contributed by atoms with Gasteiger partial charge >= 0.3 is 5.97 Å². The topological polar surface area (TPSA) is 75.6 Å². The van der Waals surface area contributed by atoms with Crippen molar-refractivity contribution < 1.29 is 19.4 Å². The molecule has 28 heavy (non-hydrogen) atoms. The van der Waals surface area contributed by atoms with Gasteiger partial charge < -0.3 is 15.2 Å². The molecule has 0 unspecified atom stereocenters. The van der Waals surface area contributed by atoms with E-state index in [1.54, 1.807) is 7.11 Å². The molecule has 2 rings (SSSR count). The monoisotopic (exact) mass is 383 g/mol. The number of ether oxygens (including phenoxy) is 1. The lowest BCUT2D eigenvalue weighted by molar-refractivity contribution is 0.0696. The molecular formula is C23H29NO4. The van der Waals surface area contributed by atoms with E-state index < -0.39 is 5.97 Å². The van der Waals surface area contributed by atoms with E-state index in [0.717, 1.165) is 16.9 Å². The first kappa shape index (κ1) is 21.5. The van der Waals surface area contributed by atoms with Crippen molar-refractivity contribution in [2.24, 2.45) is 0 Å². The quantitative estimate of drug-likeness (QED) is 0.757. The van der Waals surface area contributed by atoms with E-state index >= 15 is 0 Å². The summed E-state index contributed by atoms with van der Waals surface area (Å²) in [6.45, 7) is 12.6. The fourth-order valence-corrected chi connectivity index (χ4v) is 3.00. The van der Waals surface area contributed by atoms with Crippen LogP contribution in [0.4, 0.5) is 5.69 Å². The molecule has 2 aromatic carbocycles. The number of carboxylic acids is 1. The highest BCUT2D eigenvalue weighted by molar-refractivity contribution is 6.05. The van der Waals surface area contributed by atoms with Crippen molar-refractivity contribution in [3.63, 3.8) is 0 Å². The zero-order valence-corrected chi connectivity index (χ0v) is 17.6. The second-order valence-electron chi connectivity index (χ2n) is 8.94. The summed E-state index contributed by atoms with van der Waals surface area (Å²) in [5.74, 6) is -0.475. The highest BCUT2D eigenvalue weighted by Crippen LogP contribution is 2.41. The molecule has 2 aromatic rings. The first-order valence-corrected chi connectivity index (χ1v) is 9.22. The van der Waals surface area contributed by atoms with Gasteiger partial charge in [0, 0.05) is 22.4 Å². The van der Waals surface area contributed by atoms with Gasteiger partial charge in [-0.2, -0.15) is 0 Å². The number of carbonyl (C=O) groups is 2. The predicted molar refractivity (Wildman–Crippen MR) is 112 cm³/mol. The van der Waals surface area contributed by atoms with Crippen LogP contribution in [0.3, 0.4) is 0 Å². The number of benzene rings is 2. The maximum atomic E-state index is 12.7. The molecule has 0 aromatic heterocycles. The van der Waals surface area contributed by atoms with Crippen molar-refractivity contribution >= 4 is 17.6 Å². The van der Waals surface area contributed by atoms with Crippen LogP contribution in [0.2, 0.25) is 0 Å². The van der Waals surface area contributed by atoms with Crippen LogP contribution in [-0.4, -0.2) is 24.1 Å². The van der Waals surface area contributed by atoms with Gasteiger partial charge in [-0.25, -0.2) is 4.79 Å². The molecule has 0 saturated heterocycles. The van der Waals surface area contributed by atoms with E-state index in [0.29, 0.717) is 11.3 Å². The molecule has 5 nitrogen and oxygen atoms in total. The normalized spacial score (nSPS) is 11.8. The molecule has 0 atom stereocenters. The Labute approximate surface area is 166 Å². The average Bonchev–Trinajstić information content (AvgIpc) is 2.59. The van der Waals surface area contributed by atoms with Crippen LogP contribution < -0.4 is 10.1 Å². The Morgan fingerprint density at radius 3 is 1.64 bits per heavy atom. The molecule has 0 spiro atoms. The minimum Gasteiger partial charge on any atom is -0.496 e. The van der Waals surface area contributed by atoms with Gasteiger partial charge in [0.2, 0.25) is 0 Å². The molecule has 0 aliphatic carbocycles. The number of aromatic carboxylic acids is 1. The summed E-state index contributed by atoms with van der Waals surface area (Å²) >= 11 is 0. The van der Waals surface area contributed by atoms with Crippen LogP contribution in [0.15, 0.2) is 36.4 Å². The maximum Gasteiger partial charge on any atom is 0.335 e. The summed E-state index contributed by atoms with van der Waals surface area (Å²) in [5.41, 5.74) is 2.91. The number of rotatable bonds is 4. The van der Waals surface area contributed by atoms with Crippen LogP contribution in [0.1, 0.15) is 73.4 Å². The van der Waals surface area contributed by atoms with Crippen LogP contribution in [0, 0.1) is 0 Å². The van der Waals surface area contributed by atoms with Crippen molar-refractivity contribution in [1.82, 2.24) is 0 Å². The maximum absolute atomic E-state index is 12.7. The van der Waals surface area contributed by atoms with Crippen LogP contribution in [0.5, 0.6) is 5.75 Å². The second-order valence-corrected chi connectivity index (χ2v) is 8.94. The third kappa shape index (κ3) is 4.71. The number of amides is 1. The third-order valence-corrected chi connectivity index (χ3v) is 4.56. The second kappa shape index (κ2) is 7.66. The van der Waals surface area contributed by atoms with Gasteiger partial charge in [0.25, 0.3) is 5.91 Å². The Hall–Kier alpha value is -2.82. The van der Waals surface area contributed by atoms with E-state index in [-0.39, 0.29) is 22.3 Å². The number of hydrogen-bond acceptors (Lipinski definition) is 3. The van der Waals surface area contributed by atoms with Gasteiger partial charge in [-0.05, 0) is 47.2 Å². The van der Waals surface area contributed by atoms with E-state index in [9.17, 15) is 9.59 Å². The number of hydrogen-bond donors (Lipinski definition) is 2. The molecule has 0 heterocycles. The number of carbonyl (C=O) groups excluding carboxylic acids is 1. The van der Waals surface area contributed by atoms with Crippen LogP contribution >= 0.6 is 0 Å². The zero-order valence-electron chi connectivity index (χ0n) is 17.6. The van der Waals surface area contributed by atoms with Crippen molar-refractivity contribution in [2.45, 2.75) is 52.4 Å². The Morgan fingerprint density at radius 2 is 1.29 bits per heavy atom. The predicted octanol–water partition coefficient (Wildman–Crippen LogP) is 5.24. The highest BCUT2D eigenvalue weighted by Gasteiger charge is 2.28. The number of nitrogens with one attached hydrogen (secondary N) is 1. The van der Waals surface area contributed by atoms with Gasteiger partial charge in [0.15, 0.2) is 0 Å². The smallest absolute Gasteiger partial charge is 0.335 e. The largest absolute Gasteiger partial charge is 0.496 e. The lowest BCUT2D eigenvalue weighted by Gasteiger charge is -2.30. The number of carboxylic acid groups (broad SMARTS) is 1. The van der Waals surface area contributed by atoms with Crippen molar-refractivity contribution in [1.29, 1.82) is 0 Å². The molecule has 0 saturated carbocycles. The first-order valence-electron chi connectivity index (χ1n) is 9.22. The van der Waals surface area contributed by atoms with E-state index in [4.69, 9.17) is 9.84 Å². The molecule has 0 aliphatic heterocycles. The number of methoxy groups -OCH3 is 1. The average molecular weight is 383 g/mol. The van der Waals surface area contributed by atoms with Crippen molar-refractivity contribution in [3.8, 4) is 5.75 Å². The van der Waals surface area contributed by atoms with E-state index in [1.165, 1.54) is 24.3 Å². The molecule has 150 valence electrons. The standard InChI is InChI=1S/C23H29NO4/c1-22(2,3)17-12-16(13-18(19(17)28-7)23(4,5)6)24-20(25)14-8-10-15(11-9-14)21(26)27/h8-13H,1-7H3,(H,24,25)(H,26,27). The minimum absolute atomic E-state index is 0.144. The molecular weight excluding hydrogens is 354 g/mol. The summed E-state index contributed by atoms with van der Waals surface area (Å²) in [4.78, 5) is 23.7. The Bertz CT molecular complexity index is 849. The van der Waals surface area contributed by atoms with E-state index in [2.05, 4.69) is 46.9 Å². The summed E-state index contributed by atoms with van der Waals surface area (Å²) in [6.07, 6.45) is 0. The van der Waals surface area contributed by atoms with Crippen LogP contribution in [0.25, 0.3) is 0 Å². The Kier molecular flexibility index (Phi) is 5.88. The van der Waals surface area contributed by atoms with Gasteiger partial charge in [-0.3, -0.25) is 4.79 Å². The Morgan fingerprint density at radius 1 is 0.857 bits per heavy atom. The summed E-state index contributed by atoms with van der Waals surface area (Å²) in [6, 6.07) is 9.75. The van der Waals surface area contributed by atoms with Crippen molar-refractivity contribution in [3.05, 3.63) is 58.7 Å². The summed E-state index contributed by atoms with van der Waals surface area (Å²) in [7, 11) is 1.67. The van der Waals surface area contributed by atoms with Crippen LogP contribution in [-0.2, 0) is 10.8 Å². The third-order valence-electron chi connectivity index (χ3n) is 4.56. The molecule has 0 fully saturated rings. The lowest BCUT2D eigenvalue weighted by Crippen LogP contribution is -2.21. The lowest BCUT2D eigenvalue weighted by atomic mass is 9.79. The molecule has 1 amide bonds. The van der Waals surface area contributed by atoms with E-state index in [1.807, 2.05) is 12.1 Å². The Balaban J connectivity index is 2.47. The minimum atomic E-state index is -1.02. The van der Waals surface area contributed by atoms with Crippen molar-refractivity contribution in [2.75, 3.05) is 12.4 Å². The fourth-order valence-electron chi connectivity index (χ4n) is 3.00. The fraction of sp³-hybridized carbons (Fsp3) is 0.391. The zero-order chi connectivity index (χ0) is 21.3. The summed E-state index contributed by atoms with van der Waals surface area (Å²) < 4.78 is 5.74. The van der Waals surface area contributed by atoms with Gasteiger partial charge in [0.05, 0.1) is 12.7 Å². The molecule has 5 heteroatoms. The summed E-state index contributed by atoms with van der Waals surface area (Å²) in [5, 5.41) is 11.9. The number of anilines is 1. The molecule has 0 aliphatic rings.